The van der Waals surface area contributed by atoms with Gasteiger partial charge in [0.05, 0.1) is 10.6 Å². The van der Waals surface area contributed by atoms with Crippen LogP contribution in [-0.4, -0.2) is 31.6 Å². The van der Waals surface area contributed by atoms with Crippen LogP contribution in [0.4, 0.5) is 5.69 Å². The lowest BCUT2D eigenvalue weighted by molar-refractivity contribution is 0.0963. The van der Waals surface area contributed by atoms with Crippen LogP contribution in [0.1, 0.15) is 31.1 Å². The summed E-state index contributed by atoms with van der Waals surface area (Å²) in [4.78, 5) is 11.6. The fourth-order valence-electron chi connectivity index (χ4n) is 1.59. The van der Waals surface area contributed by atoms with Crippen molar-refractivity contribution in [1.82, 2.24) is 10.6 Å². The Balaban J connectivity index is 2.58. The van der Waals surface area contributed by atoms with Crippen LogP contribution < -0.4 is 16.0 Å². The minimum absolute atomic E-state index is 0.106. The smallest absolute Gasteiger partial charge is 0.252 e. The minimum atomic E-state index is -0.179. The Morgan fingerprint density at radius 3 is 2.53 bits per heavy atom. The van der Waals surface area contributed by atoms with Crippen molar-refractivity contribution < 1.29 is 4.79 Å². The van der Waals surface area contributed by atoms with Crippen LogP contribution >= 0.6 is 11.6 Å². The molecule has 106 valence electrons. The summed E-state index contributed by atoms with van der Waals surface area (Å²) in [6.07, 6.45) is 0. The molecule has 1 aromatic carbocycles. The molecule has 5 heteroatoms. The van der Waals surface area contributed by atoms with E-state index < -0.39 is 0 Å². The summed E-state index contributed by atoms with van der Waals surface area (Å²) in [6.45, 7) is 8.00. The molecule has 0 atom stereocenters. The summed E-state index contributed by atoms with van der Waals surface area (Å²) < 4.78 is 0. The van der Waals surface area contributed by atoms with Gasteiger partial charge < -0.3 is 16.0 Å². The third kappa shape index (κ3) is 5.49. The molecule has 0 aliphatic heterocycles. The highest BCUT2D eigenvalue weighted by Crippen LogP contribution is 2.20. The highest BCUT2D eigenvalue weighted by Gasteiger charge is 2.10. The van der Waals surface area contributed by atoms with Gasteiger partial charge in [0.25, 0.3) is 5.91 Å². The number of halogens is 1. The van der Waals surface area contributed by atoms with E-state index in [4.69, 9.17) is 11.6 Å². The van der Waals surface area contributed by atoms with Gasteiger partial charge in [-0.1, -0.05) is 11.6 Å². The van der Waals surface area contributed by atoms with Gasteiger partial charge in [0, 0.05) is 31.4 Å². The van der Waals surface area contributed by atoms with E-state index in [0.717, 1.165) is 18.8 Å². The van der Waals surface area contributed by atoms with Crippen LogP contribution in [0.25, 0.3) is 0 Å². The zero-order valence-corrected chi connectivity index (χ0v) is 12.7. The van der Waals surface area contributed by atoms with E-state index in [1.165, 1.54) is 0 Å². The van der Waals surface area contributed by atoms with Crippen molar-refractivity contribution in [2.75, 3.05) is 25.5 Å². The first-order valence-electron chi connectivity index (χ1n) is 6.34. The fraction of sp³-hybridized carbons (Fsp3) is 0.500. The number of benzene rings is 1. The molecule has 0 bridgehead atoms. The molecule has 0 saturated heterocycles. The number of nitrogens with one attached hydrogen (secondary N) is 3. The second-order valence-electron chi connectivity index (χ2n) is 5.38. The predicted molar refractivity (Wildman–Crippen MR) is 81.1 cm³/mol. The zero-order valence-electron chi connectivity index (χ0n) is 11.9. The molecule has 3 N–H and O–H groups in total. The fourth-order valence-corrected chi connectivity index (χ4v) is 1.79. The number of amides is 1. The van der Waals surface area contributed by atoms with Crippen molar-refractivity contribution in [1.29, 1.82) is 0 Å². The molecule has 1 rings (SSSR count). The predicted octanol–water partition coefficient (Wildman–Crippen LogP) is 2.50. The van der Waals surface area contributed by atoms with Crippen molar-refractivity contribution in [3.63, 3.8) is 0 Å². The molecule has 1 aromatic rings. The number of hydrogen-bond donors (Lipinski definition) is 3. The van der Waals surface area contributed by atoms with Gasteiger partial charge in [0.15, 0.2) is 0 Å². The first-order chi connectivity index (χ1) is 8.83. The van der Waals surface area contributed by atoms with Crippen molar-refractivity contribution in [2.24, 2.45) is 0 Å². The maximum atomic E-state index is 11.6. The standard InChI is InChI=1S/C14H22ClN3O/c1-14(2,3)18-8-7-17-10-5-6-12(15)11(9-10)13(19)16-4/h5-6,9,17-18H,7-8H2,1-4H3,(H,16,19). The van der Waals surface area contributed by atoms with E-state index in [-0.39, 0.29) is 11.4 Å². The first kappa shape index (κ1) is 15.8. The van der Waals surface area contributed by atoms with E-state index in [9.17, 15) is 4.79 Å². The largest absolute Gasteiger partial charge is 0.384 e. The first-order valence-corrected chi connectivity index (χ1v) is 6.72. The van der Waals surface area contributed by atoms with Gasteiger partial charge in [-0.05, 0) is 39.0 Å². The Morgan fingerprint density at radius 1 is 1.26 bits per heavy atom. The zero-order chi connectivity index (χ0) is 14.5. The molecule has 1 amide bonds. The Morgan fingerprint density at radius 2 is 1.95 bits per heavy atom. The van der Waals surface area contributed by atoms with Gasteiger partial charge in [0.1, 0.15) is 0 Å². The quantitative estimate of drug-likeness (QED) is 0.728. The molecule has 0 heterocycles. The molecular weight excluding hydrogens is 262 g/mol. The molecule has 4 nitrogen and oxygen atoms in total. The van der Waals surface area contributed by atoms with Crippen molar-refractivity contribution >= 4 is 23.2 Å². The average Bonchev–Trinajstić information content (AvgIpc) is 2.34. The van der Waals surface area contributed by atoms with Gasteiger partial charge >= 0.3 is 0 Å². The van der Waals surface area contributed by atoms with Crippen molar-refractivity contribution in [2.45, 2.75) is 26.3 Å². The second-order valence-corrected chi connectivity index (χ2v) is 5.78. The molecule has 0 radical (unpaired) electrons. The lowest BCUT2D eigenvalue weighted by Gasteiger charge is -2.20. The van der Waals surface area contributed by atoms with Gasteiger partial charge in [-0.3, -0.25) is 4.79 Å². The summed E-state index contributed by atoms with van der Waals surface area (Å²) in [5, 5.41) is 9.68. The third-order valence-electron chi connectivity index (χ3n) is 2.55. The molecule has 0 spiro atoms. The Hall–Kier alpha value is -1.26. The maximum absolute atomic E-state index is 11.6. The Bertz CT molecular complexity index is 441. The van der Waals surface area contributed by atoms with Gasteiger partial charge in [-0.2, -0.15) is 0 Å². The van der Waals surface area contributed by atoms with Gasteiger partial charge in [-0.25, -0.2) is 0 Å². The maximum Gasteiger partial charge on any atom is 0.252 e. The highest BCUT2D eigenvalue weighted by atomic mass is 35.5. The van der Waals surface area contributed by atoms with Crippen molar-refractivity contribution in [3.8, 4) is 0 Å². The highest BCUT2D eigenvalue weighted by molar-refractivity contribution is 6.34. The lowest BCUT2D eigenvalue weighted by Crippen LogP contribution is -2.38. The number of carbonyl (C=O) groups excluding carboxylic acids is 1. The molecule has 0 aromatic heterocycles. The monoisotopic (exact) mass is 283 g/mol. The van der Waals surface area contributed by atoms with Crippen LogP contribution in [0.2, 0.25) is 5.02 Å². The summed E-state index contributed by atoms with van der Waals surface area (Å²) in [7, 11) is 1.59. The van der Waals surface area contributed by atoms with E-state index in [1.54, 1.807) is 19.2 Å². The molecule has 19 heavy (non-hydrogen) atoms. The summed E-state index contributed by atoms with van der Waals surface area (Å²) >= 11 is 5.99. The topological polar surface area (TPSA) is 53.2 Å². The van der Waals surface area contributed by atoms with Gasteiger partial charge in [0.2, 0.25) is 0 Å². The lowest BCUT2D eigenvalue weighted by atomic mass is 10.1. The summed E-state index contributed by atoms with van der Waals surface area (Å²) in [5.74, 6) is -0.179. The van der Waals surface area contributed by atoms with E-state index >= 15 is 0 Å². The van der Waals surface area contributed by atoms with Crippen LogP contribution in [0.3, 0.4) is 0 Å². The number of carbonyl (C=O) groups is 1. The van der Waals surface area contributed by atoms with E-state index in [0.29, 0.717) is 10.6 Å². The van der Waals surface area contributed by atoms with Crippen LogP contribution in [-0.2, 0) is 0 Å². The van der Waals surface area contributed by atoms with E-state index in [1.807, 2.05) is 6.07 Å². The normalized spacial score (nSPS) is 11.2. The van der Waals surface area contributed by atoms with Crippen molar-refractivity contribution in [3.05, 3.63) is 28.8 Å². The number of rotatable bonds is 5. The van der Waals surface area contributed by atoms with Crippen LogP contribution in [0.15, 0.2) is 18.2 Å². The molecule has 0 unspecified atom stereocenters. The molecular formula is C14H22ClN3O. The third-order valence-corrected chi connectivity index (χ3v) is 2.88. The summed E-state index contributed by atoms with van der Waals surface area (Å²) in [5.41, 5.74) is 1.48. The van der Waals surface area contributed by atoms with Gasteiger partial charge in [-0.15, -0.1) is 0 Å². The second kappa shape index (κ2) is 6.78. The number of hydrogen-bond acceptors (Lipinski definition) is 3. The van der Waals surface area contributed by atoms with E-state index in [2.05, 4.69) is 36.7 Å². The van der Waals surface area contributed by atoms with Crippen LogP contribution in [0, 0.1) is 0 Å². The molecule has 0 fully saturated rings. The Labute approximate surface area is 119 Å². The molecule has 0 saturated carbocycles. The minimum Gasteiger partial charge on any atom is -0.384 e. The average molecular weight is 284 g/mol. The Kier molecular flexibility index (Phi) is 5.63. The molecule has 0 aliphatic rings. The SMILES string of the molecule is CNC(=O)c1cc(NCCNC(C)(C)C)ccc1Cl. The molecule has 0 aliphatic carbocycles. The van der Waals surface area contributed by atoms with Crippen LogP contribution in [0.5, 0.6) is 0 Å². The summed E-state index contributed by atoms with van der Waals surface area (Å²) in [6, 6.07) is 5.36. The number of anilines is 1.